The Morgan fingerprint density at radius 2 is 2.16 bits per heavy atom. The number of halogens is 2. The van der Waals surface area contributed by atoms with Gasteiger partial charge in [0.2, 0.25) is 6.41 Å². The highest BCUT2D eigenvalue weighted by atomic mass is 19.1. The Bertz CT molecular complexity index is 951. The van der Waals surface area contributed by atoms with Crippen molar-refractivity contribution in [1.82, 2.24) is 10.2 Å². The van der Waals surface area contributed by atoms with E-state index >= 15 is 0 Å². The Morgan fingerprint density at radius 3 is 2.81 bits per heavy atom. The van der Waals surface area contributed by atoms with Gasteiger partial charge in [-0.25, -0.2) is 13.8 Å². The lowest BCUT2D eigenvalue weighted by molar-refractivity contribution is -0.117. The highest BCUT2D eigenvalue weighted by molar-refractivity contribution is 6.09. The number of nitrogens with zero attached hydrogens (tertiary/aromatic N) is 3. The third-order valence-electron chi connectivity index (χ3n) is 5.18. The van der Waals surface area contributed by atoms with Crippen molar-refractivity contribution in [2.45, 2.75) is 18.9 Å². The highest BCUT2D eigenvalue weighted by Crippen LogP contribution is 2.27. The summed E-state index contributed by atoms with van der Waals surface area (Å²) >= 11 is 0. The number of amides is 1. The molecule has 31 heavy (non-hydrogen) atoms. The van der Waals surface area contributed by atoms with E-state index in [-0.39, 0.29) is 35.2 Å². The molecule has 3 rings (SSSR count). The number of carbonyl (C=O) groups is 1. The lowest BCUT2D eigenvalue weighted by Gasteiger charge is -2.29. The lowest BCUT2D eigenvalue weighted by atomic mass is 10.0. The summed E-state index contributed by atoms with van der Waals surface area (Å²) in [5, 5.41) is 3.40. The number of nitrogens with two attached hydrogens (primary N) is 2. The van der Waals surface area contributed by atoms with Gasteiger partial charge in [-0.05, 0) is 12.5 Å². The summed E-state index contributed by atoms with van der Waals surface area (Å²) < 4.78 is 34.7. The first kappa shape index (κ1) is 22.4. The largest absolute Gasteiger partial charge is 0.404 e. The van der Waals surface area contributed by atoms with E-state index in [9.17, 15) is 13.6 Å². The van der Waals surface area contributed by atoms with Gasteiger partial charge in [0.25, 0.3) is 0 Å². The first-order valence-electron chi connectivity index (χ1n) is 9.90. The number of benzene rings is 1. The zero-order valence-electron chi connectivity index (χ0n) is 17.3. The monoisotopic (exact) mass is 432 g/mol. The molecular formula is C21H26F2N6O2. The molecule has 166 valence electrons. The molecule has 1 fully saturated rings. The predicted octanol–water partition coefficient (Wildman–Crippen LogP) is 1.45. The second kappa shape index (κ2) is 10.2. The zero-order chi connectivity index (χ0) is 22.4. The number of amidine groups is 1. The highest BCUT2D eigenvalue weighted by Gasteiger charge is 2.24. The van der Waals surface area contributed by atoms with Gasteiger partial charge in [0.1, 0.15) is 23.2 Å². The van der Waals surface area contributed by atoms with Crippen molar-refractivity contribution in [3.8, 4) is 0 Å². The third kappa shape index (κ3) is 5.26. The minimum absolute atomic E-state index is 0.0173. The standard InChI is InChI=1S/C21H26F2N6O2/c1-26-9-13(8-24)15-6-18(23)20(7-17(15)22)28-21(25)16-10-29(12-30)4-2-19(16)27-14-3-5-31-11-14/h6-9,12,14,27H,2-5,10-11,24H2,1H3,(H2,25,28). The number of hydrogen-bond acceptors (Lipinski definition) is 6. The van der Waals surface area contributed by atoms with Crippen molar-refractivity contribution in [3.63, 3.8) is 0 Å². The Balaban J connectivity index is 1.95. The molecule has 1 amide bonds. The molecule has 8 nitrogen and oxygen atoms in total. The van der Waals surface area contributed by atoms with Gasteiger partial charge in [-0.15, -0.1) is 0 Å². The second-order valence-electron chi connectivity index (χ2n) is 7.28. The van der Waals surface area contributed by atoms with Crippen LogP contribution >= 0.6 is 0 Å². The molecule has 1 aromatic carbocycles. The fourth-order valence-electron chi connectivity index (χ4n) is 3.55. The van der Waals surface area contributed by atoms with Crippen LogP contribution < -0.4 is 16.8 Å². The van der Waals surface area contributed by atoms with Gasteiger partial charge >= 0.3 is 0 Å². The number of rotatable bonds is 7. The van der Waals surface area contributed by atoms with Crippen LogP contribution in [0.4, 0.5) is 14.5 Å². The van der Waals surface area contributed by atoms with E-state index in [1.807, 2.05) is 0 Å². The molecule has 0 aromatic heterocycles. The van der Waals surface area contributed by atoms with Crippen molar-refractivity contribution in [2.75, 3.05) is 33.4 Å². The van der Waals surface area contributed by atoms with Gasteiger partial charge in [0, 0.05) is 67.5 Å². The molecule has 1 saturated heterocycles. The van der Waals surface area contributed by atoms with Crippen LogP contribution in [0, 0.1) is 11.6 Å². The van der Waals surface area contributed by atoms with Crippen molar-refractivity contribution in [1.29, 1.82) is 0 Å². The molecule has 5 N–H and O–H groups in total. The van der Waals surface area contributed by atoms with Gasteiger partial charge in [-0.2, -0.15) is 0 Å². The van der Waals surface area contributed by atoms with Crippen LogP contribution in [0.25, 0.3) is 5.57 Å². The van der Waals surface area contributed by atoms with Gasteiger partial charge < -0.3 is 26.4 Å². The minimum atomic E-state index is -0.759. The number of nitrogens with one attached hydrogen (secondary N) is 1. The van der Waals surface area contributed by atoms with Crippen LogP contribution in [-0.4, -0.2) is 62.8 Å². The lowest BCUT2D eigenvalue weighted by Crippen LogP contribution is -2.41. The van der Waals surface area contributed by atoms with Crippen LogP contribution in [0.3, 0.4) is 0 Å². The number of carbonyl (C=O) groups excluding carboxylic acids is 1. The average Bonchev–Trinajstić information content (AvgIpc) is 3.28. The number of allylic oxidation sites excluding steroid dienone is 1. The topological polar surface area (TPSA) is 118 Å². The minimum Gasteiger partial charge on any atom is -0.404 e. The molecule has 2 aliphatic rings. The molecule has 2 heterocycles. The Labute approximate surface area is 179 Å². The normalized spacial score (nSPS) is 20.6. The van der Waals surface area contributed by atoms with E-state index in [0.29, 0.717) is 31.8 Å². The summed E-state index contributed by atoms with van der Waals surface area (Å²) in [5.41, 5.74) is 13.1. The molecule has 0 spiro atoms. The van der Waals surface area contributed by atoms with Crippen LogP contribution in [0.5, 0.6) is 0 Å². The molecule has 0 radical (unpaired) electrons. The summed E-state index contributed by atoms with van der Waals surface area (Å²) in [7, 11) is 1.50. The average molecular weight is 432 g/mol. The Kier molecular flexibility index (Phi) is 7.35. The van der Waals surface area contributed by atoms with Crippen LogP contribution in [0.2, 0.25) is 0 Å². The maximum Gasteiger partial charge on any atom is 0.210 e. The Hall–Kier alpha value is -3.27. The first-order chi connectivity index (χ1) is 15.0. The predicted molar refractivity (Wildman–Crippen MR) is 116 cm³/mol. The molecule has 0 saturated carbocycles. The first-order valence-corrected chi connectivity index (χ1v) is 9.90. The van der Waals surface area contributed by atoms with Gasteiger partial charge in [0.05, 0.1) is 19.2 Å². The molecule has 0 bridgehead atoms. The van der Waals surface area contributed by atoms with Crippen molar-refractivity contribution >= 4 is 29.7 Å². The van der Waals surface area contributed by atoms with Crippen molar-refractivity contribution in [2.24, 2.45) is 21.5 Å². The van der Waals surface area contributed by atoms with Crippen LogP contribution in [0.1, 0.15) is 18.4 Å². The maximum atomic E-state index is 14.7. The fourth-order valence-corrected chi connectivity index (χ4v) is 3.55. The second-order valence-corrected chi connectivity index (χ2v) is 7.28. The SMILES string of the molecule is CN=CC(=CN)c1cc(F)c(N=C(N)C2=C(NC3CCOC3)CCN(C=O)C2)cc1F. The molecule has 1 unspecified atom stereocenters. The van der Waals surface area contributed by atoms with E-state index in [4.69, 9.17) is 16.2 Å². The molecule has 1 aromatic rings. The maximum absolute atomic E-state index is 14.7. The summed E-state index contributed by atoms with van der Waals surface area (Å²) in [6.45, 7) is 2.00. The number of ether oxygens (including phenoxy) is 1. The molecule has 0 aliphatic carbocycles. The summed E-state index contributed by atoms with van der Waals surface area (Å²) in [6, 6.07) is 2.10. The Morgan fingerprint density at radius 1 is 1.35 bits per heavy atom. The van der Waals surface area contributed by atoms with E-state index in [1.54, 1.807) is 4.90 Å². The number of aliphatic imine (C=N–C) groups is 2. The molecular weight excluding hydrogens is 406 g/mol. The fraction of sp³-hybridized carbons (Fsp3) is 0.381. The molecule has 10 heteroatoms. The van der Waals surface area contributed by atoms with Crippen LogP contribution in [0.15, 0.2) is 39.6 Å². The van der Waals surface area contributed by atoms with E-state index in [0.717, 1.165) is 36.9 Å². The summed E-state index contributed by atoms with van der Waals surface area (Å²) in [4.78, 5) is 20.7. The van der Waals surface area contributed by atoms with E-state index in [2.05, 4.69) is 15.3 Å². The smallest absolute Gasteiger partial charge is 0.210 e. The van der Waals surface area contributed by atoms with Gasteiger partial charge in [-0.3, -0.25) is 9.79 Å². The molecule has 2 aliphatic heterocycles. The number of hydrogen-bond donors (Lipinski definition) is 3. The van der Waals surface area contributed by atoms with Gasteiger partial charge in [-0.1, -0.05) is 0 Å². The molecule has 1 atom stereocenters. The van der Waals surface area contributed by atoms with E-state index in [1.165, 1.54) is 13.3 Å². The van der Waals surface area contributed by atoms with Gasteiger partial charge in [0.15, 0.2) is 0 Å². The van der Waals surface area contributed by atoms with Crippen molar-refractivity contribution < 1.29 is 18.3 Å². The van der Waals surface area contributed by atoms with Crippen molar-refractivity contribution in [3.05, 3.63) is 46.8 Å². The zero-order valence-corrected chi connectivity index (χ0v) is 17.3. The third-order valence-corrected chi connectivity index (χ3v) is 5.18. The van der Waals surface area contributed by atoms with E-state index < -0.39 is 11.6 Å². The summed E-state index contributed by atoms with van der Waals surface area (Å²) in [6.07, 6.45) is 4.62. The van der Waals surface area contributed by atoms with Crippen LogP contribution in [-0.2, 0) is 9.53 Å². The summed E-state index contributed by atoms with van der Waals surface area (Å²) in [5.74, 6) is -1.45. The quantitative estimate of drug-likeness (QED) is 0.342.